The molecule has 0 aliphatic heterocycles. The summed E-state index contributed by atoms with van der Waals surface area (Å²) in [4.78, 5) is 19.7. The lowest BCUT2D eigenvalue weighted by Gasteiger charge is -2.14. The Bertz CT molecular complexity index is 668. The van der Waals surface area contributed by atoms with Crippen molar-refractivity contribution in [2.75, 3.05) is 11.9 Å². The van der Waals surface area contributed by atoms with E-state index in [1.54, 1.807) is 6.07 Å². The van der Waals surface area contributed by atoms with Crippen LogP contribution >= 0.6 is 45.8 Å². The summed E-state index contributed by atoms with van der Waals surface area (Å²) in [5, 5.41) is 12.7. The van der Waals surface area contributed by atoms with Crippen LogP contribution in [0.5, 0.6) is 0 Å². The third-order valence-electron chi connectivity index (χ3n) is 2.70. The zero-order valence-electron chi connectivity index (χ0n) is 10.6. The molecule has 0 saturated heterocycles. The number of amides is 1. The number of aromatic nitrogens is 2. The monoisotopic (exact) mass is 437 g/mol. The number of carbonyl (C=O) groups is 1. The third kappa shape index (κ3) is 3.82. The van der Waals surface area contributed by atoms with Gasteiger partial charge in [0.1, 0.15) is 6.33 Å². The van der Waals surface area contributed by atoms with Gasteiger partial charge in [-0.1, -0.05) is 23.2 Å². The fourth-order valence-electron chi connectivity index (χ4n) is 1.71. The molecule has 110 valence electrons. The van der Waals surface area contributed by atoms with Crippen LogP contribution in [0.3, 0.4) is 0 Å². The van der Waals surface area contributed by atoms with E-state index in [-0.39, 0.29) is 12.5 Å². The molecule has 0 bridgehead atoms. The van der Waals surface area contributed by atoms with Crippen LogP contribution in [0.1, 0.15) is 15.9 Å². The summed E-state index contributed by atoms with van der Waals surface area (Å²) in [6.45, 7) is -0.0885. The molecule has 1 aromatic heterocycles. The maximum Gasteiger partial charge on any atom is 0.258 e. The first kappa shape index (κ1) is 16.4. The molecule has 0 unspecified atom stereocenters. The predicted molar refractivity (Wildman–Crippen MR) is 90.0 cm³/mol. The molecule has 2 aromatic rings. The van der Waals surface area contributed by atoms with E-state index in [2.05, 4.69) is 15.3 Å². The van der Waals surface area contributed by atoms with Crippen LogP contribution in [0, 0.1) is 3.57 Å². The first-order chi connectivity index (χ1) is 10.0. The van der Waals surface area contributed by atoms with Crippen LogP contribution in [0.2, 0.25) is 10.0 Å². The molecule has 5 nitrogen and oxygen atoms in total. The van der Waals surface area contributed by atoms with Crippen molar-refractivity contribution in [3.05, 3.63) is 49.5 Å². The fraction of sp³-hybridized carbons (Fsp3) is 0.154. The maximum absolute atomic E-state index is 12.1. The first-order valence-corrected chi connectivity index (χ1v) is 7.71. The van der Waals surface area contributed by atoms with Crippen molar-refractivity contribution < 1.29 is 9.90 Å². The second-order valence-electron chi connectivity index (χ2n) is 4.07. The number of hydrogen-bond acceptors (Lipinski definition) is 4. The quantitative estimate of drug-likeness (QED) is 0.569. The van der Waals surface area contributed by atoms with E-state index in [9.17, 15) is 4.79 Å². The predicted octanol–water partition coefficient (Wildman–Crippen LogP) is 3.18. The largest absolute Gasteiger partial charge is 0.396 e. The van der Waals surface area contributed by atoms with E-state index >= 15 is 0 Å². The molecule has 0 saturated carbocycles. The third-order valence-corrected chi connectivity index (χ3v) is 5.17. The Kier molecular flexibility index (Phi) is 5.74. The highest BCUT2D eigenvalue weighted by Crippen LogP contribution is 2.35. The van der Waals surface area contributed by atoms with Gasteiger partial charge in [0.2, 0.25) is 0 Å². The van der Waals surface area contributed by atoms with Crippen LogP contribution in [-0.4, -0.2) is 27.6 Å². The van der Waals surface area contributed by atoms with Crippen LogP contribution in [0.4, 0.5) is 5.69 Å². The number of benzene rings is 1. The van der Waals surface area contributed by atoms with E-state index in [4.69, 9.17) is 28.3 Å². The molecule has 2 rings (SSSR count). The van der Waals surface area contributed by atoms with Gasteiger partial charge in [0.15, 0.2) is 0 Å². The van der Waals surface area contributed by atoms with Gasteiger partial charge in [-0.05, 0) is 40.6 Å². The van der Waals surface area contributed by atoms with Gasteiger partial charge in [-0.15, -0.1) is 0 Å². The van der Waals surface area contributed by atoms with Gasteiger partial charge in [-0.25, -0.2) is 9.97 Å². The van der Waals surface area contributed by atoms with E-state index in [0.29, 0.717) is 36.9 Å². The lowest BCUT2D eigenvalue weighted by Crippen LogP contribution is -2.15. The Hall–Kier alpha value is -0.960. The van der Waals surface area contributed by atoms with Crippen molar-refractivity contribution in [2.45, 2.75) is 6.42 Å². The van der Waals surface area contributed by atoms with E-state index in [1.165, 1.54) is 18.7 Å². The van der Waals surface area contributed by atoms with Crippen molar-refractivity contribution in [1.29, 1.82) is 0 Å². The molecular formula is C13H10Cl2IN3O2. The standard InChI is InChI=1S/C13H10Cl2IN3O2/c14-9-3-10(8(1-2-20)11(15)12(9)16)19-13(21)7-4-17-6-18-5-7/h3-6,20H,1-2H2,(H,19,21). The number of anilines is 1. The van der Waals surface area contributed by atoms with Gasteiger partial charge < -0.3 is 10.4 Å². The number of hydrogen-bond donors (Lipinski definition) is 2. The highest BCUT2D eigenvalue weighted by atomic mass is 127. The Morgan fingerprint density at radius 1 is 1.33 bits per heavy atom. The summed E-state index contributed by atoms with van der Waals surface area (Å²) in [5.41, 5.74) is 1.42. The highest BCUT2D eigenvalue weighted by Gasteiger charge is 2.16. The Morgan fingerprint density at radius 2 is 2.00 bits per heavy atom. The lowest BCUT2D eigenvalue weighted by atomic mass is 10.1. The molecule has 0 spiro atoms. The average Bonchev–Trinajstić information content (AvgIpc) is 2.50. The van der Waals surface area contributed by atoms with Crippen molar-refractivity contribution >= 4 is 57.4 Å². The molecule has 0 radical (unpaired) electrons. The van der Waals surface area contributed by atoms with Crippen LogP contribution < -0.4 is 5.32 Å². The van der Waals surface area contributed by atoms with Gasteiger partial charge in [0, 0.05) is 24.7 Å². The average molecular weight is 438 g/mol. The van der Waals surface area contributed by atoms with Gasteiger partial charge in [-0.3, -0.25) is 4.79 Å². The minimum atomic E-state index is -0.372. The molecule has 21 heavy (non-hydrogen) atoms. The van der Waals surface area contributed by atoms with E-state index in [0.717, 1.165) is 0 Å². The SMILES string of the molecule is O=C(Nc1cc(Cl)c(I)c(Cl)c1CCO)c1cncnc1. The molecule has 0 atom stereocenters. The second kappa shape index (κ2) is 7.35. The molecule has 1 aromatic carbocycles. The Balaban J connectivity index is 2.37. The number of nitrogens with one attached hydrogen (secondary N) is 1. The van der Waals surface area contributed by atoms with Crippen molar-refractivity contribution in [1.82, 2.24) is 9.97 Å². The summed E-state index contributed by atoms with van der Waals surface area (Å²) < 4.78 is 0.681. The summed E-state index contributed by atoms with van der Waals surface area (Å²) in [6.07, 6.45) is 4.47. The molecule has 0 aliphatic carbocycles. The van der Waals surface area contributed by atoms with Crippen LogP contribution in [-0.2, 0) is 6.42 Å². The molecule has 1 heterocycles. The number of rotatable bonds is 4. The lowest BCUT2D eigenvalue weighted by molar-refractivity contribution is 0.102. The van der Waals surface area contributed by atoms with Crippen LogP contribution in [0.15, 0.2) is 24.8 Å². The summed E-state index contributed by atoms with van der Waals surface area (Å²) in [6, 6.07) is 1.61. The van der Waals surface area contributed by atoms with E-state index < -0.39 is 0 Å². The first-order valence-electron chi connectivity index (χ1n) is 5.88. The number of nitrogens with zero attached hydrogens (tertiary/aromatic N) is 2. The molecule has 8 heteroatoms. The number of halogens is 3. The van der Waals surface area contributed by atoms with E-state index in [1.807, 2.05) is 22.6 Å². The van der Waals surface area contributed by atoms with Crippen molar-refractivity contribution in [2.24, 2.45) is 0 Å². The van der Waals surface area contributed by atoms with Gasteiger partial charge in [-0.2, -0.15) is 0 Å². The number of aliphatic hydroxyl groups excluding tert-OH is 1. The van der Waals surface area contributed by atoms with Gasteiger partial charge in [0.05, 0.1) is 19.2 Å². The summed E-state index contributed by atoms with van der Waals surface area (Å²) in [7, 11) is 0. The van der Waals surface area contributed by atoms with Crippen molar-refractivity contribution in [3.63, 3.8) is 0 Å². The molecule has 1 amide bonds. The maximum atomic E-state index is 12.1. The second-order valence-corrected chi connectivity index (χ2v) is 5.93. The minimum absolute atomic E-state index is 0.0885. The zero-order chi connectivity index (χ0) is 15.4. The highest BCUT2D eigenvalue weighted by molar-refractivity contribution is 14.1. The van der Waals surface area contributed by atoms with Crippen LogP contribution in [0.25, 0.3) is 0 Å². The minimum Gasteiger partial charge on any atom is -0.396 e. The molecule has 0 fully saturated rings. The Morgan fingerprint density at radius 3 is 2.62 bits per heavy atom. The van der Waals surface area contributed by atoms with Crippen molar-refractivity contribution in [3.8, 4) is 0 Å². The normalized spacial score (nSPS) is 10.5. The summed E-state index contributed by atoms with van der Waals surface area (Å²) in [5.74, 6) is -0.372. The Labute approximate surface area is 144 Å². The smallest absolute Gasteiger partial charge is 0.258 e. The topological polar surface area (TPSA) is 75.1 Å². The summed E-state index contributed by atoms with van der Waals surface area (Å²) >= 11 is 14.3. The zero-order valence-corrected chi connectivity index (χ0v) is 14.3. The number of carbonyl (C=O) groups excluding carboxylic acids is 1. The van der Waals surface area contributed by atoms with Gasteiger partial charge >= 0.3 is 0 Å². The van der Waals surface area contributed by atoms with Gasteiger partial charge in [0.25, 0.3) is 5.91 Å². The molecular weight excluding hydrogens is 428 g/mol. The molecule has 2 N–H and O–H groups in total. The molecule has 0 aliphatic rings. The fourth-order valence-corrected chi connectivity index (χ4v) is 2.74. The number of aliphatic hydroxyl groups is 1.